The first-order valence-corrected chi connectivity index (χ1v) is 7.81. The van der Waals surface area contributed by atoms with Crippen LogP contribution in [0, 0.1) is 0 Å². The van der Waals surface area contributed by atoms with Gasteiger partial charge >= 0.3 is 0 Å². The molecule has 92 valence electrons. The Morgan fingerprint density at radius 1 is 1.17 bits per heavy atom. The molecule has 1 saturated heterocycles. The zero-order chi connectivity index (χ0) is 12.7. The van der Waals surface area contributed by atoms with Gasteiger partial charge < -0.3 is 0 Å². The van der Waals surface area contributed by atoms with E-state index in [2.05, 4.69) is 6.92 Å². The molecule has 2 nitrogen and oxygen atoms in total. The Morgan fingerprint density at radius 3 is 2.28 bits per heavy atom. The minimum Gasteiger partial charge on any atom is -0.288 e. The van der Waals surface area contributed by atoms with E-state index in [4.69, 9.17) is 0 Å². The van der Waals surface area contributed by atoms with E-state index >= 15 is 0 Å². The van der Waals surface area contributed by atoms with Crippen molar-refractivity contribution in [3.63, 3.8) is 0 Å². The lowest BCUT2D eigenvalue weighted by Gasteiger charge is -2.01. The second-order valence-corrected chi connectivity index (χ2v) is 6.92. The number of hydrogen-bond acceptors (Lipinski definition) is 4. The molecule has 1 aromatic rings. The summed E-state index contributed by atoms with van der Waals surface area (Å²) in [6, 6.07) is 7.10. The SMILES string of the molecule is CCC1CSC(=C2C(=O)c3ccccc3C2=O)S1. The molecule has 0 amide bonds. The fraction of sp³-hybridized carbons (Fsp3) is 0.286. The van der Waals surface area contributed by atoms with Crippen molar-refractivity contribution in [3.05, 3.63) is 45.2 Å². The summed E-state index contributed by atoms with van der Waals surface area (Å²) in [5.41, 5.74) is 1.53. The molecule has 0 saturated carbocycles. The lowest BCUT2D eigenvalue weighted by molar-refractivity contribution is 0.0989. The molecular formula is C14H12O2S2. The van der Waals surface area contributed by atoms with Crippen LogP contribution in [0.1, 0.15) is 34.1 Å². The summed E-state index contributed by atoms with van der Waals surface area (Å²) in [4.78, 5) is 24.6. The molecule has 18 heavy (non-hydrogen) atoms. The number of carbonyl (C=O) groups is 2. The van der Waals surface area contributed by atoms with Crippen LogP contribution in [0.3, 0.4) is 0 Å². The van der Waals surface area contributed by atoms with Gasteiger partial charge in [0.1, 0.15) is 0 Å². The number of allylic oxidation sites excluding steroid dienone is 1. The molecule has 2 aliphatic rings. The highest BCUT2D eigenvalue weighted by Gasteiger charge is 2.37. The molecule has 1 aliphatic carbocycles. The Bertz CT molecular complexity index is 538. The Balaban J connectivity index is 2.05. The molecule has 1 fully saturated rings. The summed E-state index contributed by atoms with van der Waals surface area (Å²) in [5.74, 6) is 0.807. The topological polar surface area (TPSA) is 34.1 Å². The molecule has 1 aromatic carbocycles. The molecule has 0 spiro atoms. The molecule has 1 aliphatic heterocycles. The third kappa shape index (κ3) is 1.75. The van der Waals surface area contributed by atoms with E-state index in [9.17, 15) is 9.59 Å². The van der Waals surface area contributed by atoms with Crippen LogP contribution in [0.4, 0.5) is 0 Å². The first kappa shape index (κ1) is 12.1. The second-order valence-electron chi connectivity index (χ2n) is 4.33. The van der Waals surface area contributed by atoms with Crippen molar-refractivity contribution in [2.75, 3.05) is 5.75 Å². The third-order valence-corrected chi connectivity index (χ3v) is 6.34. The van der Waals surface area contributed by atoms with Crippen LogP contribution in [0.5, 0.6) is 0 Å². The molecule has 0 radical (unpaired) electrons. The van der Waals surface area contributed by atoms with Crippen molar-refractivity contribution in [2.24, 2.45) is 0 Å². The van der Waals surface area contributed by atoms with Crippen molar-refractivity contribution in [1.29, 1.82) is 0 Å². The molecule has 1 atom stereocenters. The van der Waals surface area contributed by atoms with Crippen molar-refractivity contribution in [1.82, 2.24) is 0 Å². The van der Waals surface area contributed by atoms with Crippen LogP contribution in [0.25, 0.3) is 0 Å². The molecule has 0 aromatic heterocycles. The zero-order valence-electron chi connectivity index (χ0n) is 9.93. The van der Waals surface area contributed by atoms with Crippen molar-refractivity contribution < 1.29 is 9.59 Å². The van der Waals surface area contributed by atoms with Gasteiger partial charge in [-0.2, -0.15) is 0 Å². The molecule has 0 bridgehead atoms. The standard InChI is InChI=1S/C14H12O2S2/c1-2-8-7-17-14(18-8)11-12(15)9-5-3-4-6-10(9)13(11)16/h3-6,8H,2,7H2,1H3. The second kappa shape index (κ2) is 4.59. The highest BCUT2D eigenvalue weighted by molar-refractivity contribution is 8.25. The van der Waals surface area contributed by atoms with Crippen LogP contribution in [-0.4, -0.2) is 22.6 Å². The fourth-order valence-corrected chi connectivity index (χ4v) is 5.19. The summed E-state index contributed by atoms with van der Waals surface area (Å²) >= 11 is 3.34. The van der Waals surface area contributed by atoms with Gasteiger partial charge in [-0.1, -0.05) is 31.2 Å². The van der Waals surface area contributed by atoms with Crippen LogP contribution in [-0.2, 0) is 0 Å². The zero-order valence-corrected chi connectivity index (χ0v) is 11.6. The predicted octanol–water partition coefficient (Wildman–Crippen LogP) is 3.54. The molecule has 4 heteroatoms. The number of rotatable bonds is 1. The highest BCUT2D eigenvalue weighted by Crippen LogP contribution is 2.47. The minimum absolute atomic E-state index is 0.0950. The summed E-state index contributed by atoms with van der Waals surface area (Å²) in [7, 11) is 0. The summed E-state index contributed by atoms with van der Waals surface area (Å²) in [6.07, 6.45) is 1.07. The number of benzene rings is 1. The first-order valence-electron chi connectivity index (χ1n) is 5.94. The Morgan fingerprint density at radius 2 is 1.78 bits per heavy atom. The van der Waals surface area contributed by atoms with Crippen LogP contribution >= 0.6 is 23.5 Å². The molecule has 0 N–H and O–H groups in total. The van der Waals surface area contributed by atoms with E-state index in [0.29, 0.717) is 21.9 Å². The van der Waals surface area contributed by atoms with Crippen LogP contribution in [0.2, 0.25) is 0 Å². The van der Waals surface area contributed by atoms with Crippen LogP contribution < -0.4 is 0 Å². The van der Waals surface area contributed by atoms with Gasteiger partial charge in [0.2, 0.25) is 0 Å². The fourth-order valence-electron chi connectivity index (χ4n) is 2.16. The number of thioether (sulfide) groups is 2. The molecule has 1 heterocycles. The van der Waals surface area contributed by atoms with Gasteiger partial charge in [-0.15, -0.1) is 23.5 Å². The Hall–Kier alpha value is -1.000. The average molecular weight is 276 g/mol. The van der Waals surface area contributed by atoms with Gasteiger partial charge in [0, 0.05) is 22.1 Å². The van der Waals surface area contributed by atoms with Gasteiger partial charge in [0.15, 0.2) is 11.6 Å². The maximum Gasteiger partial charge on any atom is 0.199 e. The minimum atomic E-state index is -0.0950. The van der Waals surface area contributed by atoms with E-state index in [-0.39, 0.29) is 11.6 Å². The van der Waals surface area contributed by atoms with Gasteiger partial charge in [0.05, 0.1) is 9.81 Å². The number of hydrogen-bond donors (Lipinski definition) is 0. The highest BCUT2D eigenvalue weighted by atomic mass is 32.2. The Labute approximate surface area is 114 Å². The van der Waals surface area contributed by atoms with E-state index in [1.807, 2.05) is 0 Å². The van der Waals surface area contributed by atoms with E-state index < -0.39 is 0 Å². The lowest BCUT2D eigenvalue weighted by atomic mass is 10.1. The number of fused-ring (bicyclic) bond motifs is 1. The Kier molecular flexibility index (Phi) is 3.08. The number of Topliss-reactive ketones (excluding diaryl/α,β-unsaturated/α-hetero) is 2. The maximum absolute atomic E-state index is 12.3. The van der Waals surface area contributed by atoms with Crippen molar-refractivity contribution in [2.45, 2.75) is 18.6 Å². The first-order chi connectivity index (χ1) is 8.72. The monoisotopic (exact) mass is 276 g/mol. The van der Waals surface area contributed by atoms with E-state index in [1.54, 1.807) is 47.8 Å². The van der Waals surface area contributed by atoms with E-state index in [1.165, 1.54) is 0 Å². The molecule has 3 rings (SSSR count). The van der Waals surface area contributed by atoms with Crippen LogP contribution in [0.15, 0.2) is 34.1 Å². The number of carbonyl (C=O) groups excluding carboxylic acids is 2. The van der Waals surface area contributed by atoms with Crippen molar-refractivity contribution >= 4 is 35.1 Å². The summed E-state index contributed by atoms with van der Waals surface area (Å²) in [5, 5.41) is 0.529. The molecule has 1 unspecified atom stereocenters. The number of ketones is 2. The normalized spacial score (nSPS) is 22.8. The predicted molar refractivity (Wildman–Crippen MR) is 76.3 cm³/mol. The maximum atomic E-state index is 12.3. The van der Waals surface area contributed by atoms with Gasteiger partial charge in [-0.05, 0) is 6.42 Å². The van der Waals surface area contributed by atoms with Gasteiger partial charge in [-0.25, -0.2) is 0 Å². The van der Waals surface area contributed by atoms with E-state index in [0.717, 1.165) is 16.4 Å². The largest absolute Gasteiger partial charge is 0.288 e. The average Bonchev–Trinajstić information content (AvgIpc) is 2.95. The quantitative estimate of drug-likeness (QED) is 0.580. The van der Waals surface area contributed by atoms with Gasteiger partial charge in [0.25, 0.3) is 0 Å². The van der Waals surface area contributed by atoms with Gasteiger partial charge in [-0.3, -0.25) is 9.59 Å². The smallest absolute Gasteiger partial charge is 0.199 e. The molecular weight excluding hydrogens is 264 g/mol. The summed E-state index contributed by atoms with van der Waals surface area (Å²) in [6.45, 7) is 2.14. The lowest BCUT2D eigenvalue weighted by Crippen LogP contribution is -2.02. The third-order valence-electron chi connectivity index (χ3n) is 3.20. The summed E-state index contributed by atoms with van der Waals surface area (Å²) < 4.78 is 0.924. The van der Waals surface area contributed by atoms with Crippen molar-refractivity contribution in [3.8, 4) is 0 Å².